The average molecular weight is 254 g/mol. The predicted molar refractivity (Wildman–Crippen MR) is 71.0 cm³/mol. The summed E-state index contributed by atoms with van der Waals surface area (Å²) >= 11 is 0. The second-order valence-corrected chi connectivity index (χ2v) is 5.98. The number of carbonyl (C=O) groups excluding carboxylic acids is 1. The van der Waals surface area contributed by atoms with Crippen molar-refractivity contribution in [1.29, 1.82) is 0 Å². The molecule has 1 saturated carbocycles. The maximum Gasteiger partial charge on any atom is 0.223 e. The molecule has 3 N–H and O–H groups in total. The van der Waals surface area contributed by atoms with Gasteiger partial charge in [0, 0.05) is 25.1 Å². The number of ether oxygens (including phenoxy) is 1. The second-order valence-electron chi connectivity index (χ2n) is 5.98. The molecule has 2 fully saturated rings. The number of hydrogen-bond acceptors (Lipinski definition) is 3. The van der Waals surface area contributed by atoms with Crippen LogP contribution in [-0.2, 0) is 9.53 Å². The van der Waals surface area contributed by atoms with Crippen LogP contribution in [0.2, 0.25) is 0 Å². The summed E-state index contributed by atoms with van der Waals surface area (Å²) in [4.78, 5) is 12.1. The van der Waals surface area contributed by atoms with Crippen LogP contribution >= 0.6 is 0 Å². The number of rotatable bonds is 3. The first kappa shape index (κ1) is 13.8. The number of amides is 1. The molecule has 2 rings (SSSR count). The summed E-state index contributed by atoms with van der Waals surface area (Å²) < 4.78 is 5.42. The van der Waals surface area contributed by atoms with E-state index < -0.39 is 0 Å². The summed E-state index contributed by atoms with van der Waals surface area (Å²) in [6, 6.07) is 0.188. The lowest BCUT2D eigenvalue weighted by Gasteiger charge is -2.31. The Hall–Kier alpha value is -0.610. The summed E-state index contributed by atoms with van der Waals surface area (Å²) in [5.74, 6) is 1.38. The van der Waals surface area contributed by atoms with Crippen LogP contribution in [0.4, 0.5) is 0 Å². The molecule has 104 valence electrons. The Morgan fingerprint density at radius 3 is 2.89 bits per heavy atom. The summed E-state index contributed by atoms with van der Waals surface area (Å²) in [5.41, 5.74) is 6.05. The third-order valence-electron chi connectivity index (χ3n) is 4.45. The minimum atomic E-state index is 0.126. The molecule has 0 radical (unpaired) electrons. The van der Waals surface area contributed by atoms with E-state index in [2.05, 4.69) is 12.2 Å². The molecule has 0 bridgehead atoms. The van der Waals surface area contributed by atoms with E-state index in [1.807, 2.05) is 0 Å². The lowest BCUT2D eigenvalue weighted by molar-refractivity contribution is -0.126. The number of carbonyl (C=O) groups is 1. The minimum absolute atomic E-state index is 0.126. The largest absolute Gasteiger partial charge is 0.381 e. The van der Waals surface area contributed by atoms with E-state index in [0.29, 0.717) is 11.8 Å². The lowest BCUT2D eigenvalue weighted by Crippen LogP contribution is -2.43. The van der Waals surface area contributed by atoms with Gasteiger partial charge in [-0.25, -0.2) is 0 Å². The molecule has 1 aliphatic heterocycles. The molecule has 4 nitrogen and oxygen atoms in total. The topological polar surface area (TPSA) is 64.3 Å². The van der Waals surface area contributed by atoms with Crippen LogP contribution < -0.4 is 11.1 Å². The zero-order valence-electron chi connectivity index (χ0n) is 11.4. The molecule has 0 spiro atoms. The van der Waals surface area contributed by atoms with Crippen molar-refractivity contribution >= 4 is 5.91 Å². The van der Waals surface area contributed by atoms with Crippen LogP contribution in [0.25, 0.3) is 0 Å². The maximum absolute atomic E-state index is 12.1. The van der Waals surface area contributed by atoms with Crippen LogP contribution in [-0.4, -0.2) is 31.7 Å². The van der Waals surface area contributed by atoms with Crippen molar-refractivity contribution in [3.63, 3.8) is 0 Å². The van der Waals surface area contributed by atoms with Gasteiger partial charge in [0.15, 0.2) is 0 Å². The molecule has 0 aromatic rings. The van der Waals surface area contributed by atoms with Crippen LogP contribution in [0.15, 0.2) is 0 Å². The Bertz CT molecular complexity index is 277. The van der Waals surface area contributed by atoms with Gasteiger partial charge < -0.3 is 15.8 Å². The van der Waals surface area contributed by atoms with E-state index in [9.17, 15) is 4.79 Å². The second kappa shape index (κ2) is 6.53. The van der Waals surface area contributed by atoms with E-state index in [0.717, 1.165) is 45.4 Å². The van der Waals surface area contributed by atoms with Crippen molar-refractivity contribution in [2.45, 2.75) is 45.1 Å². The molecule has 1 aliphatic carbocycles. The molecule has 4 unspecified atom stereocenters. The molecular weight excluding hydrogens is 228 g/mol. The first-order valence-corrected chi connectivity index (χ1v) is 7.28. The van der Waals surface area contributed by atoms with Gasteiger partial charge in [0.25, 0.3) is 0 Å². The first-order valence-electron chi connectivity index (χ1n) is 7.28. The number of hydrogen-bond donors (Lipinski definition) is 2. The molecule has 2 aliphatic rings. The van der Waals surface area contributed by atoms with Crippen LogP contribution in [0.5, 0.6) is 0 Å². The number of nitrogens with one attached hydrogen (secondary N) is 1. The summed E-state index contributed by atoms with van der Waals surface area (Å²) in [5, 5.41) is 3.08. The molecule has 0 aromatic carbocycles. The monoisotopic (exact) mass is 254 g/mol. The van der Waals surface area contributed by atoms with Gasteiger partial charge >= 0.3 is 0 Å². The van der Waals surface area contributed by atoms with Crippen molar-refractivity contribution in [3.05, 3.63) is 0 Å². The van der Waals surface area contributed by atoms with E-state index in [4.69, 9.17) is 10.5 Å². The van der Waals surface area contributed by atoms with Crippen molar-refractivity contribution in [1.82, 2.24) is 5.32 Å². The molecule has 18 heavy (non-hydrogen) atoms. The third-order valence-corrected chi connectivity index (χ3v) is 4.45. The van der Waals surface area contributed by atoms with Gasteiger partial charge in [-0.05, 0) is 43.9 Å². The molecule has 0 aromatic heterocycles. The normalized spacial score (nSPS) is 37.2. The van der Waals surface area contributed by atoms with E-state index >= 15 is 0 Å². The summed E-state index contributed by atoms with van der Waals surface area (Å²) in [6.07, 6.45) is 5.19. The highest BCUT2D eigenvalue weighted by molar-refractivity contribution is 5.78. The molecule has 1 saturated heterocycles. The Balaban J connectivity index is 1.70. The van der Waals surface area contributed by atoms with Gasteiger partial charge in [-0.3, -0.25) is 4.79 Å². The van der Waals surface area contributed by atoms with Crippen molar-refractivity contribution < 1.29 is 9.53 Å². The van der Waals surface area contributed by atoms with Gasteiger partial charge in [-0.2, -0.15) is 0 Å². The lowest BCUT2D eigenvalue weighted by atomic mass is 9.79. The standard InChI is InChI=1S/C14H26N2O2/c1-10-4-5-12(7-13(10)15)14(17)16-8-11-3-2-6-18-9-11/h10-13H,2-9,15H2,1H3,(H,16,17). The Kier molecular flexibility index (Phi) is 5.01. The molecule has 1 heterocycles. The predicted octanol–water partition coefficient (Wildman–Crippen LogP) is 1.29. The minimum Gasteiger partial charge on any atom is -0.381 e. The molecule has 4 atom stereocenters. The molecule has 1 amide bonds. The third kappa shape index (κ3) is 3.69. The quantitative estimate of drug-likeness (QED) is 0.797. The van der Waals surface area contributed by atoms with Gasteiger partial charge in [0.05, 0.1) is 6.61 Å². The smallest absolute Gasteiger partial charge is 0.223 e. The van der Waals surface area contributed by atoms with Gasteiger partial charge in [0.2, 0.25) is 5.91 Å². The van der Waals surface area contributed by atoms with Gasteiger partial charge in [0.1, 0.15) is 0 Å². The zero-order chi connectivity index (χ0) is 13.0. The first-order chi connectivity index (χ1) is 8.66. The highest BCUT2D eigenvalue weighted by atomic mass is 16.5. The molecular formula is C14H26N2O2. The van der Waals surface area contributed by atoms with Gasteiger partial charge in [-0.1, -0.05) is 6.92 Å². The van der Waals surface area contributed by atoms with Crippen LogP contribution in [0, 0.1) is 17.8 Å². The highest BCUT2D eigenvalue weighted by Gasteiger charge is 2.29. The Morgan fingerprint density at radius 2 is 2.22 bits per heavy atom. The summed E-state index contributed by atoms with van der Waals surface area (Å²) in [6.45, 7) is 4.61. The maximum atomic E-state index is 12.1. The van der Waals surface area contributed by atoms with Crippen molar-refractivity contribution in [3.8, 4) is 0 Å². The van der Waals surface area contributed by atoms with E-state index in [-0.39, 0.29) is 17.9 Å². The Morgan fingerprint density at radius 1 is 1.39 bits per heavy atom. The summed E-state index contributed by atoms with van der Waals surface area (Å²) in [7, 11) is 0. The average Bonchev–Trinajstić information content (AvgIpc) is 2.40. The van der Waals surface area contributed by atoms with Crippen molar-refractivity contribution in [2.75, 3.05) is 19.8 Å². The Labute approximate surface area is 110 Å². The van der Waals surface area contributed by atoms with Crippen molar-refractivity contribution in [2.24, 2.45) is 23.5 Å². The number of nitrogens with two attached hydrogens (primary N) is 1. The SMILES string of the molecule is CC1CCC(C(=O)NCC2CCCOC2)CC1N. The van der Waals surface area contributed by atoms with Crippen LogP contribution in [0.3, 0.4) is 0 Å². The fourth-order valence-corrected chi connectivity index (χ4v) is 2.95. The molecule has 4 heteroatoms. The van der Waals surface area contributed by atoms with E-state index in [1.54, 1.807) is 0 Å². The highest BCUT2D eigenvalue weighted by Crippen LogP contribution is 2.27. The fourth-order valence-electron chi connectivity index (χ4n) is 2.95. The van der Waals surface area contributed by atoms with Gasteiger partial charge in [-0.15, -0.1) is 0 Å². The zero-order valence-corrected chi connectivity index (χ0v) is 11.4. The van der Waals surface area contributed by atoms with E-state index in [1.165, 1.54) is 6.42 Å². The fraction of sp³-hybridized carbons (Fsp3) is 0.929. The van der Waals surface area contributed by atoms with Crippen LogP contribution in [0.1, 0.15) is 39.0 Å².